The first-order valence-corrected chi connectivity index (χ1v) is 24.3. The average molecular weight is 953 g/mol. The summed E-state index contributed by atoms with van der Waals surface area (Å²) >= 11 is 0. The monoisotopic (exact) mass is 952 g/mol. The number of carbonyl (C=O) groups is 4. The highest BCUT2D eigenvalue weighted by Crippen LogP contribution is 2.39. The number of benzene rings is 2. The van der Waals surface area contributed by atoms with Gasteiger partial charge in [0.1, 0.15) is 11.1 Å². The largest absolute Gasteiger partial charge is 0.393 e. The molecule has 12 rings (SSSR count). The summed E-state index contributed by atoms with van der Waals surface area (Å²) in [5.41, 5.74) is 7.74. The average Bonchev–Trinajstić information content (AvgIpc) is 4.26. The van der Waals surface area contributed by atoms with Gasteiger partial charge in [0.05, 0.1) is 73.8 Å². The van der Waals surface area contributed by atoms with E-state index < -0.39 is 0 Å². The number of aromatic nitrogens is 6. The summed E-state index contributed by atoms with van der Waals surface area (Å²) < 4.78 is 14.2. The molecule has 2 saturated carbocycles. The molecule has 2 aromatic carbocycles. The van der Waals surface area contributed by atoms with E-state index in [1.807, 2.05) is 34.1 Å². The van der Waals surface area contributed by atoms with Gasteiger partial charge in [0.25, 0.3) is 23.6 Å². The molecule has 0 spiro atoms. The van der Waals surface area contributed by atoms with Crippen LogP contribution in [0.3, 0.4) is 0 Å². The fourth-order valence-electron chi connectivity index (χ4n) is 10.8. The van der Waals surface area contributed by atoms with Crippen LogP contribution in [0.25, 0.3) is 11.3 Å². The van der Waals surface area contributed by atoms with Gasteiger partial charge >= 0.3 is 0 Å². The third-order valence-corrected chi connectivity index (χ3v) is 14.6. The Bertz CT molecular complexity index is 2770. The van der Waals surface area contributed by atoms with Gasteiger partial charge < -0.3 is 49.9 Å². The Morgan fingerprint density at radius 2 is 1.04 bits per heavy atom. The van der Waals surface area contributed by atoms with Gasteiger partial charge in [-0.15, -0.1) is 0 Å². The van der Waals surface area contributed by atoms with Gasteiger partial charge in [0.15, 0.2) is 11.3 Å². The Balaban J connectivity index is 0.000000152. The van der Waals surface area contributed by atoms with Gasteiger partial charge in [-0.2, -0.15) is 10.2 Å². The van der Waals surface area contributed by atoms with E-state index in [0.717, 1.165) is 61.0 Å². The fraction of sp³-hybridized carbons (Fsp3) is 0.440. The smallest absolute Gasteiger partial charge is 0.261 e. The fourth-order valence-corrected chi connectivity index (χ4v) is 10.8. The maximum absolute atomic E-state index is 13.3. The molecule has 8 heterocycles. The van der Waals surface area contributed by atoms with E-state index in [-0.39, 0.29) is 47.7 Å². The summed E-state index contributed by atoms with van der Waals surface area (Å²) in [6, 6.07) is 11.1. The normalized spacial score (nSPS) is 22.1. The summed E-state index contributed by atoms with van der Waals surface area (Å²) in [5.74, 6) is -0.396. The minimum absolute atomic E-state index is 0.0154. The number of fused-ring (bicyclic) bond motifs is 4. The molecule has 4 aliphatic heterocycles. The highest BCUT2D eigenvalue weighted by Gasteiger charge is 2.37. The van der Waals surface area contributed by atoms with Crippen molar-refractivity contribution in [2.45, 2.75) is 63.8 Å². The lowest BCUT2D eigenvalue weighted by Gasteiger charge is -2.31. The Labute approximate surface area is 403 Å². The zero-order valence-corrected chi connectivity index (χ0v) is 38.8. The third kappa shape index (κ3) is 8.91. The van der Waals surface area contributed by atoms with Crippen LogP contribution in [0.2, 0.25) is 0 Å². The first-order chi connectivity index (χ1) is 34.2. The molecule has 2 aliphatic carbocycles. The first kappa shape index (κ1) is 45.4. The molecule has 4 aromatic heterocycles. The Hall–Kier alpha value is -7.00. The van der Waals surface area contributed by atoms with Crippen LogP contribution >= 0.6 is 0 Å². The topological polar surface area (TPSA) is 225 Å². The summed E-state index contributed by atoms with van der Waals surface area (Å²) in [5, 5.41) is 35.1. The molecule has 4 amide bonds. The predicted molar refractivity (Wildman–Crippen MR) is 257 cm³/mol. The molecule has 4 atom stereocenters. The first-order valence-electron chi connectivity index (χ1n) is 24.3. The number of aliphatic hydroxyl groups excluding tert-OH is 2. The number of nitrogens with one attached hydrogen (secondary N) is 2. The van der Waals surface area contributed by atoms with E-state index in [2.05, 4.69) is 40.6 Å². The van der Waals surface area contributed by atoms with E-state index >= 15 is 0 Å². The van der Waals surface area contributed by atoms with Crippen molar-refractivity contribution in [3.05, 3.63) is 107 Å². The zero-order valence-electron chi connectivity index (χ0n) is 38.8. The van der Waals surface area contributed by atoms with Crippen molar-refractivity contribution >= 4 is 57.7 Å². The Morgan fingerprint density at radius 1 is 0.614 bits per heavy atom. The van der Waals surface area contributed by atoms with Gasteiger partial charge in [-0.25, -0.2) is 19.0 Å². The van der Waals surface area contributed by atoms with Crippen LogP contribution in [0.4, 0.5) is 22.7 Å². The number of hydrogen-bond donors (Lipinski definition) is 4. The molecule has 0 bridgehead atoms. The zero-order chi connectivity index (χ0) is 47.9. The van der Waals surface area contributed by atoms with E-state index in [0.29, 0.717) is 124 Å². The second-order valence-electron chi connectivity index (χ2n) is 18.9. The lowest BCUT2D eigenvalue weighted by molar-refractivity contribution is 0.0653. The summed E-state index contributed by atoms with van der Waals surface area (Å²) in [6.07, 6.45) is 14.6. The molecule has 0 radical (unpaired) electrons. The molecule has 70 heavy (non-hydrogen) atoms. The highest BCUT2D eigenvalue weighted by molar-refractivity contribution is 6.11. The maximum atomic E-state index is 13.3. The number of hydrogen-bond acceptors (Lipinski definition) is 14. The molecular weight excluding hydrogens is 897 g/mol. The molecule has 20 heteroatoms. The molecule has 20 nitrogen and oxygen atoms in total. The molecule has 4 N–H and O–H groups in total. The number of anilines is 4. The number of carbonyl (C=O) groups excluding carboxylic acids is 4. The van der Waals surface area contributed by atoms with Crippen LogP contribution in [0.15, 0.2) is 73.6 Å². The lowest BCUT2D eigenvalue weighted by atomic mass is 10.1. The third-order valence-electron chi connectivity index (χ3n) is 14.6. The van der Waals surface area contributed by atoms with Gasteiger partial charge in [-0.05, 0) is 73.2 Å². The summed E-state index contributed by atoms with van der Waals surface area (Å²) in [6.45, 7) is 7.09. The Morgan fingerprint density at radius 3 is 1.44 bits per heavy atom. The lowest BCUT2D eigenvalue weighted by Crippen LogP contribution is -2.37. The summed E-state index contributed by atoms with van der Waals surface area (Å²) in [4.78, 5) is 69.6. The van der Waals surface area contributed by atoms with Gasteiger partial charge in [0, 0.05) is 100 Å². The van der Waals surface area contributed by atoms with E-state index in [1.54, 1.807) is 46.0 Å². The molecule has 364 valence electrons. The molecule has 6 aromatic rings. The standard InChI is InChI=1S/2C25H28N6O4/c2*32-22-4-1-3-16(22)14-30-15-17-11-20(21(12-18(17)25(30)34)29-7-9-35-10-8-29)28-24(33)19-13-27-31-6-2-5-26-23(19)31/h2*2,5-6,11-13,16,22,32H,1,3-4,7-10,14-15H2,(H,28,33)/t2*16-,22-/m10/s1. The highest BCUT2D eigenvalue weighted by atomic mass is 16.5. The quantitative estimate of drug-likeness (QED) is 0.153. The van der Waals surface area contributed by atoms with Crippen LogP contribution in [0, 0.1) is 11.8 Å². The van der Waals surface area contributed by atoms with Gasteiger partial charge in [-0.3, -0.25) is 19.2 Å². The van der Waals surface area contributed by atoms with Gasteiger partial charge in [0.2, 0.25) is 0 Å². The number of morpholine rings is 2. The second kappa shape index (κ2) is 19.4. The van der Waals surface area contributed by atoms with Crippen molar-refractivity contribution in [1.82, 2.24) is 39.0 Å². The SMILES string of the molecule is O=C(Nc1cc2c(cc1N1CCOCC1)C(=O)N(C[C@@H]1CCC[C@@H]1O)C2)c1cnn2cccnc12.O=C(Nc1cc2c(cc1N1CCOCC1)C(=O)N(C[C@H]1CCC[C@H]1O)C2)c1cnn2cccnc12. The van der Waals surface area contributed by atoms with Gasteiger partial charge in [-0.1, -0.05) is 12.8 Å². The van der Waals surface area contributed by atoms with Crippen LogP contribution in [0.1, 0.15) is 91.1 Å². The number of nitrogens with zero attached hydrogens (tertiary/aromatic N) is 10. The van der Waals surface area contributed by atoms with E-state index in [1.165, 1.54) is 12.4 Å². The number of ether oxygens (including phenoxy) is 2. The minimum Gasteiger partial charge on any atom is -0.393 e. The maximum Gasteiger partial charge on any atom is 0.261 e. The number of aliphatic hydroxyl groups is 2. The predicted octanol–water partition coefficient (Wildman–Crippen LogP) is 3.87. The van der Waals surface area contributed by atoms with E-state index in [4.69, 9.17) is 9.47 Å². The van der Waals surface area contributed by atoms with Crippen LogP contribution < -0.4 is 20.4 Å². The number of amides is 4. The molecule has 0 unspecified atom stereocenters. The van der Waals surface area contributed by atoms with Crippen molar-refractivity contribution in [3.8, 4) is 0 Å². The number of rotatable bonds is 10. The molecular formula is C50H56N12O8. The molecule has 2 saturated heterocycles. The van der Waals surface area contributed by atoms with Crippen molar-refractivity contribution < 1.29 is 38.9 Å². The van der Waals surface area contributed by atoms with E-state index in [9.17, 15) is 29.4 Å². The second-order valence-corrected chi connectivity index (χ2v) is 18.9. The van der Waals surface area contributed by atoms with Crippen LogP contribution in [-0.2, 0) is 22.6 Å². The van der Waals surface area contributed by atoms with Crippen molar-refractivity contribution in [2.75, 3.05) is 86.1 Å². The van der Waals surface area contributed by atoms with Crippen molar-refractivity contribution in [1.29, 1.82) is 0 Å². The molecule has 6 aliphatic rings. The summed E-state index contributed by atoms with van der Waals surface area (Å²) in [7, 11) is 0. The van der Waals surface area contributed by atoms with Crippen LogP contribution in [0.5, 0.6) is 0 Å². The van der Waals surface area contributed by atoms with Crippen molar-refractivity contribution in [3.63, 3.8) is 0 Å². The minimum atomic E-state index is -0.343. The van der Waals surface area contributed by atoms with Crippen molar-refractivity contribution in [2.24, 2.45) is 11.8 Å². The van der Waals surface area contributed by atoms with Crippen LogP contribution in [-0.4, -0.2) is 151 Å². The molecule has 4 fully saturated rings. The Kier molecular flexibility index (Phi) is 12.6.